The van der Waals surface area contributed by atoms with Crippen LogP contribution in [0.15, 0.2) is 12.2 Å². The van der Waals surface area contributed by atoms with Gasteiger partial charge in [0, 0.05) is 6.92 Å². The van der Waals surface area contributed by atoms with E-state index in [2.05, 4.69) is 0 Å². The second-order valence-electron chi connectivity index (χ2n) is 1.35. The van der Waals surface area contributed by atoms with Gasteiger partial charge in [-0.15, -0.1) is 0 Å². The molecule has 0 amide bonds. The van der Waals surface area contributed by atoms with Gasteiger partial charge < -0.3 is 0 Å². The van der Waals surface area contributed by atoms with E-state index in [4.69, 9.17) is 0 Å². The molecule has 0 atom stereocenters. The first-order valence-electron chi connectivity index (χ1n) is 1.82. The highest BCUT2D eigenvalue weighted by molar-refractivity contribution is 4.96. The van der Waals surface area contributed by atoms with E-state index in [0.29, 0.717) is 0 Å². The summed E-state index contributed by atoms with van der Waals surface area (Å²) < 4.78 is 45.1. The predicted octanol–water partition coefficient (Wildman–Crippen LogP) is 2.42. The van der Waals surface area contributed by atoms with Crippen LogP contribution in [0.2, 0.25) is 0 Å². The highest BCUT2D eigenvalue weighted by atomic mass is 19.3. The molecule has 0 aromatic heterocycles. The quantitative estimate of drug-likeness (QED) is 0.475. The van der Waals surface area contributed by atoms with Gasteiger partial charge in [0.15, 0.2) is 5.83 Å². The maximum absolute atomic E-state index is 11.4. The summed E-state index contributed by atoms with van der Waals surface area (Å²) in [6.07, 6.45) is -0.750. The van der Waals surface area contributed by atoms with E-state index in [1.165, 1.54) is 0 Å². The average Bonchev–Trinajstić information content (AvgIpc) is 1.62. The Morgan fingerprint density at radius 2 is 1.88 bits per heavy atom. The van der Waals surface area contributed by atoms with Crippen molar-refractivity contribution in [3.63, 3.8) is 0 Å². The summed E-state index contributed by atoms with van der Waals surface area (Å²) in [5, 5.41) is 0. The number of allylic oxidation sites excluding steroid dienone is 1. The first kappa shape index (κ1) is 7.46. The summed E-state index contributed by atoms with van der Waals surface area (Å²) in [7, 11) is 0. The molecule has 0 spiro atoms. The largest absolute Gasteiger partial charge is 0.298 e. The van der Waals surface area contributed by atoms with Gasteiger partial charge in [0.2, 0.25) is 0 Å². The van der Waals surface area contributed by atoms with Crippen LogP contribution < -0.4 is 0 Å². The van der Waals surface area contributed by atoms with Crippen LogP contribution >= 0.6 is 0 Å². The summed E-state index contributed by atoms with van der Waals surface area (Å²) in [6.45, 7) is 0.276. The summed E-state index contributed by atoms with van der Waals surface area (Å²) in [5.74, 6) is -5.72. The molecule has 0 unspecified atom stereocenters. The molecule has 0 rings (SSSR count). The number of hydrogen-bond donors (Lipinski definition) is 0. The molecule has 8 heavy (non-hydrogen) atoms. The molecule has 0 radical (unpaired) electrons. The Hall–Kier alpha value is -0.540. The smallest absolute Gasteiger partial charge is 0.212 e. The van der Waals surface area contributed by atoms with E-state index in [1.54, 1.807) is 0 Å². The monoisotopic (exact) mass is 128 g/mol. The van der Waals surface area contributed by atoms with Crippen molar-refractivity contribution in [1.29, 1.82) is 0 Å². The van der Waals surface area contributed by atoms with Gasteiger partial charge in [0.1, 0.15) is 6.33 Å². The lowest BCUT2D eigenvalue weighted by Gasteiger charge is -2.02. The van der Waals surface area contributed by atoms with E-state index < -0.39 is 18.1 Å². The van der Waals surface area contributed by atoms with Crippen LogP contribution in [0.1, 0.15) is 6.92 Å². The second-order valence-corrected chi connectivity index (χ2v) is 1.35. The molecule has 48 valence electrons. The van der Waals surface area contributed by atoms with Gasteiger partial charge in [0.25, 0.3) is 5.92 Å². The Balaban J connectivity index is 4.03. The van der Waals surface area contributed by atoms with Crippen LogP contribution in [0.5, 0.6) is 0 Å². The molecule has 0 aliphatic carbocycles. The maximum atomic E-state index is 11.4. The van der Waals surface area contributed by atoms with Crippen molar-refractivity contribution in [2.45, 2.75) is 12.8 Å². The van der Waals surface area contributed by atoms with Crippen molar-refractivity contribution in [3.8, 4) is 0 Å². The van der Waals surface area contributed by atoms with Crippen molar-refractivity contribution >= 4 is 0 Å². The van der Waals surface area contributed by atoms with Gasteiger partial charge in [-0.05, 0) is 0 Å². The van der Waals surface area contributed by atoms with Crippen LogP contribution in [0, 0.1) is 0 Å². The summed E-state index contributed by atoms with van der Waals surface area (Å²) in [5.41, 5.74) is 0. The van der Waals surface area contributed by atoms with Crippen molar-refractivity contribution in [1.82, 2.24) is 0 Å². The fraction of sp³-hybridized carbons (Fsp3) is 0.500. The number of rotatable bonds is 1. The SMILES string of the molecule is CC(F)(F)/C(F)=C/F. The van der Waals surface area contributed by atoms with Crippen molar-refractivity contribution < 1.29 is 17.6 Å². The molecule has 0 aromatic rings. The molecule has 0 aromatic carbocycles. The standard InChI is InChI=1S/C4H4F4/c1-4(7,8)3(6)2-5/h2H,1H3/b3-2-. The molecule has 0 bridgehead atoms. The van der Waals surface area contributed by atoms with Crippen LogP contribution in [0.25, 0.3) is 0 Å². The Morgan fingerprint density at radius 3 is 1.88 bits per heavy atom. The molecule has 0 N–H and O–H groups in total. The van der Waals surface area contributed by atoms with Crippen LogP contribution in [0.3, 0.4) is 0 Å². The number of halogens is 4. The molecule has 0 saturated heterocycles. The second kappa shape index (κ2) is 2.15. The lowest BCUT2D eigenvalue weighted by Crippen LogP contribution is -2.09. The Labute approximate surface area is 43.8 Å². The van der Waals surface area contributed by atoms with Gasteiger partial charge in [-0.2, -0.15) is 8.78 Å². The predicted molar refractivity (Wildman–Crippen MR) is 20.9 cm³/mol. The first-order chi connectivity index (χ1) is 3.48. The van der Waals surface area contributed by atoms with Crippen LogP contribution in [-0.4, -0.2) is 5.92 Å². The molecule has 0 heterocycles. The zero-order valence-electron chi connectivity index (χ0n) is 4.09. The van der Waals surface area contributed by atoms with Gasteiger partial charge in [0.05, 0.1) is 0 Å². The zero-order chi connectivity index (χ0) is 6.78. The maximum Gasteiger partial charge on any atom is 0.298 e. The third kappa shape index (κ3) is 1.95. The fourth-order valence-corrected chi connectivity index (χ4v) is 0.0958. The Bertz CT molecular complexity index is 99.1. The molecule has 4 heteroatoms. The summed E-state index contributed by atoms with van der Waals surface area (Å²) in [6, 6.07) is 0. The van der Waals surface area contributed by atoms with E-state index in [9.17, 15) is 17.6 Å². The van der Waals surface area contributed by atoms with Crippen molar-refractivity contribution in [2.75, 3.05) is 0 Å². The summed E-state index contributed by atoms with van der Waals surface area (Å²) in [4.78, 5) is 0. The summed E-state index contributed by atoms with van der Waals surface area (Å²) >= 11 is 0. The van der Waals surface area contributed by atoms with Gasteiger partial charge in [-0.25, -0.2) is 8.78 Å². The van der Waals surface area contributed by atoms with E-state index >= 15 is 0 Å². The van der Waals surface area contributed by atoms with E-state index in [1.807, 2.05) is 0 Å². The van der Waals surface area contributed by atoms with Crippen LogP contribution in [-0.2, 0) is 0 Å². The van der Waals surface area contributed by atoms with Crippen molar-refractivity contribution in [3.05, 3.63) is 12.2 Å². The minimum absolute atomic E-state index is 0.276. The first-order valence-corrected chi connectivity index (χ1v) is 1.82. The number of hydrogen-bond acceptors (Lipinski definition) is 0. The molecular formula is C4H4F4. The topological polar surface area (TPSA) is 0 Å². The molecule has 0 nitrogen and oxygen atoms in total. The van der Waals surface area contributed by atoms with Crippen molar-refractivity contribution in [2.24, 2.45) is 0 Å². The Morgan fingerprint density at radius 1 is 1.50 bits per heavy atom. The highest BCUT2D eigenvalue weighted by Gasteiger charge is 2.27. The molecular weight excluding hydrogens is 124 g/mol. The lowest BCUT2D eigenvalue weighted by molar-refractivity contribution is 0.0367. The third-order valence-corrected chi connectivity index (χ3v) is 0.515. The lowest BCUT2D eigenvalue weighted by atomic mass is 10.4. The van der Waals surface area contributed by atoms with Gasteiger partial charge in [-0.3, -0.25) is 0 Å². The average molecular weight is 128 g/mol. The molecule has 0 fully saturated rings. The fourth-order valence-electron chi connectivity index (χ4n) is 0.0958. The molecule has 0 saturated carbocycles. The Kier molecular flexibility index (Phi) is 2.01. The van der Waals surface area contributed by atoms with E-state index in [-0.39, 0.29) is 6.92 Å². The van der Waals surface area contributed by atoms with E-state index in [0.717, 1.165) is 0 Å². The minimum Gasteiger partial charge on any atom is -0.212 e. The van der Waals surface area contributed by atoms with Gasteiger partial charge >= 0.3 is 0 Å². The van der Waals surface area contributed by atoms with Crippen LogP contribution in [0.4, 0.5) is 17.6 Å². The third-order valence-electron chi connectivity index (χ3n) is 0.515. The van der Waals surface area contributed by atoms with Gasteiger partial charge in [-0.1, -0.05) is 0 Å². The molecule has 0 aliphatic heterocycles. The zero-order valence-corrected chi connectivity index (χ0v) is 4.09. The normalized spacial score (nSPS) is 14.4. The number of alkyl halides is 2. The molecule has 0 aliphatic rings. The highest BCUT2D eigenvalue weighted by Crippen LogP contribution is 2.23. The minimum atomic E-state index is -3.67.